The van der Waals surface area contributed by atoms with E-state index in [0.29, 0.717) is 10.9 Å². The highest BCUT2D eigenvalue weighted by Gasteiger charge is 2.52. The van der Waals surface area contributed by atoms with Gasteiger partial charge in [-0.3, -0.25) is 4.48 Å². The van der Waals surface area contributed by atoms with Gasteiger partial charge in [0.15, 0.2) is 0 Å². The summed E-state index contributed by atoms with van der Waals surface area (Å²) in [6, 6.07) is 0. The third-order valence-electron chi connectivity index (χ3n) is 6.09. The summed E-state index contributed by atoms with van der Waals surface area (Å²) in [5.74, 6) is 0. The van der Waals surface area contributed by atoms with E-state index in [1.807, 2.05) is 28.1 Å². The van der Waals surface area contributed by atoms with Crippen molar-refractivity contribution < 1.29 is 13.9 Å². The Hall–Kier alpha value is -0.240. The molecule has 160 valence electrons. The fourth-order valence-electron chi connectivity index (χ4n) is 4.06. The zero-order valence-electron chi connectivity index (χ0n) is 19.0. The smallest absolute Gasteiger partial charge is 0.376 e. The fourth-order valence-corrected chi connectivity index (χ4v) is 5.15. The first-order valence-electron chi connectivity index (χ1n) is 11.4. The van der Waals surface area contributed by atoms with E-state index in [0.717, 1.165) is 19.3 Å². The number of rotatable bonds is 18. The third-order valence-corrected chi connectivity index (χ3v) is 7.91. The minimum absolute atomic E-state index is 0.511. The maximum absolute atomic E-state index is 11.9. The molecule has 2 unspecified atom stereocenters. The van der Waals surface area contributed by atoms with Crippen LogP contribution in [0.5, 0.6) is 0 Å². The van der Waals surface area contributed by atoms with Crippen LogP contribution in [0.2, 0.25) is 0 Å². The van der Waals surface area contributed by atoms with Crippen LogP contribution in [-0.2, 0) is 4.57 Å². The molecule has 3 nitrogen and oxygen atoms in total. The lowest BCUT2D eigenvalue weighted by Gasteiger charge is -2.39. The van der Waals surface area contributed by atoms with E-state index in [1.54, 1.807) is 0 Å². The van der Waals surface area contributed by atoms with Crippen LogP contribution in [0.4, 0.5) is 0 Å². The van der Waals surface area contributed by atoms with Crippen LogP contribution in [0.3, 0.4) is 0 Å². The molecule has 4 heteroatoms. The Morgan fingerprint density at radius 1 is 0.815 bits per heavy atom. The number of allylic oxidation sites excluding steroid dienone is 2. The molecule has 0 rings (SSSR count). The van der Waals surface area contributed by atoms with E-state index in [4.69, 9.17) is 0 Å². The van der Waals surface area contributed by atoms with Crippen LogP contribution in [0.15, 0.2) is 12.2 Å². The molecule has 0 aliphatic heterocycles. The van der Waals surface area contributed by atoms with E-state index in [1.165, 1.54) is 70.6 Å². The number of unbranched alkanes of at least 4 members (excludes halogenated alkanes) is 12. The molecule has 0 amide bonds. The second kappa shape index (κ2) is 15.7. The summed E-state index contributed by atoms with van der Waals surface area (Å²) in [5, 5.41) is -0.595. The lowest BCUT2D eigenvalue weighted by molar-refractivity contribution is -0.910. The zero-order chi connectivity index (χ0) is 20.6. The second-order valence-corrected chi connectivity index (χ2v) is 10.3. The Labute approximate surface area is 171 Å². The molecule has 0 heterocycles. The Balaban J connectivity index is 3.63. The predicted molar refractivity (Wildman–Crippen MR) is 118 cm³/mol. The van der Waals surface area contributed by atoms with Gasteiger partial charge in [-0.2, -0.15) is 0 Å². The molecule has 0 aromatic carbocycles. The van der Waals surface area contributed by atoms with Crippen molar-refractivity contribution in [3.8, 4) is 0 Å². The molecule has 0 aliphatic rings. The Morgan fingerprint density at radius 3 is 1.56 bits per heavy atom. The molecular formula is C23H47NO2P+. The van der Waals surface area contributed by atoms with Crippen molar-refractivity contribution in [3.05, 3.63) is 12.2 Å². The summed E-state index contributed by atoms with van der Waals surface area (Å²) in [5.41, 5.74) is 0. The van der Waals surface area contributed by atoms with Gasteiger partial charge >= 0.3 is 8.03 Å². The first kappa shape index (κ1) is 26.8. The van der Waals surface area contributed by atoms with Gasteiger partial charge in [0.05, 0.1) is 21.1 Å². The zero-order valence-corrected chi connectivity index (χ0v) is 19.9. The maximum atomic E-state index is 11.9. The first-order chi connectivity index (χ1) is 12.8. The molecule has 0 aromatic heterocycles. The monoisotopic (exact) mass is 400 g/mol. The highest BCUT2D eigenvalue weighted by molar-refractivity contribution is 7.38. The van der Waals surface area contributed by atoms with Crippen LogP contribution < -0.4 is 4.89 Å². The van der Waals surface area contributed by atoms with Gasteiger partial charge in [0, 0.05) is 12.8 Å². The summed E-state index contributed by atoms with van der Waals surface area (Å²) in [7, 11) is 3.62. The van der Waals surface area contributed by atoms with Gasteiger partial charge in [-0.1, -0.05) is 87.8 Å². The predicted octanol–water partition coefficient (Wildman–Crippen LogP) is 6.94. The van der Waals surface area contributed by atoms with Crippen LogP contribution >= 0.6 is 8.03 Å². The summed E-state index contributed by atoms with van der Waals surface area (Å²) < 4.78 is 12.4. The fraction of sp³-hybridized carbons (Fsp3) is 0.913. The van der Waals surface area contributed by atoms with Crippen LogP contribution in [0.1, 0.15) is 110 Å². The molecule has 0 N–H and O–H groups in total. The first-order valence-corrected chi connectivity index (χ1v) is 12.6. The van der Waals surface area contributed by atoms with Crippen molar-refractivity contribution in [1.29, 1.82) is 0 Å². The molecule has 27 heavy (non-hydrogen) atoms. The average Bonchev–Trinajstić information content (AvgIpc) is 2.60. The van der Waals surface area contributed by atoms with Crippen LogP contribution in [-0.4, -0.2) is 30.9 Å². The molecule has 0 saturated carbocycles. The maximum Gasteiger partial charge on any atom is 0.376 e. The Kier molecular flexibility index (Phi) is 15.5. The topological polar surface area (TPSA) is 40.1 Å². The van der Waals surface area contributed by atoms with Gasteiger partial charge in [0.2, 0.25) is 0 Å². The van der Waals surface area contributed by atoms with Gasteiger partial charge < -0.3 is 4.89 Å². The second-order valence-electron chi connectivity index (χ2n) is 8.96. The summed E-state index contributed by atoms with van der Waals surface area (Å²) >= 11 is 0. The minimum Gasteiger partial charge on any atom is -0.590 e. The van der Waals surface area contributed by atoms with Crippen molar-refractivity contribution in [1.82, 2.24) is 0 Å². The standard InChI is InChI=1S/C23H47NO2P/c1-6-8-9-10-11-12-13-14-15-16-17-18-19-20-21-22-23(7-2,27(25)26)24(3,4)5/h6,8H,7,9-22H2,1-5H3/q+1/b8-6-. The molecule has 0 radical (unpaired) electrons. The largest absolute Gasteiger partial charge is 0.590 e. The van der Waals surface area contributed by atoms with E-state index >= 15 is 0 Å². The number of quaternary nitrogens is 1. The van der Waals surface area contributed by atoms with Gasteiger partial charge in [-0.05, 0) is 26.2 Å². The Morgan fingerprint density at radius 2 is 1.22 bits per heavy atom. The molecule has 0 saturated heterocycles. The van der Waals surface area contributed by atoms with E-state index in [9.17, 15) is 9.46 Å². The summed E-state index contributed by atoms with van der Waals surface area (Å²) in [6.07, 6.45) is 22.9. The average molecular weight is 401 g/mol. The molecule has 0 fully saturated rings. The number of hydrogen-bond acceptors (Lipinski definition) is 2. The van der Waals surface area contributed by atoms with Gasteiger partial charge in [0.1, 0.15) is 0 Å². The summed E-state index contributed by atoms with van der Waals surface area (Å²) in [4.78, 5) is 11.9. The van der Waals surface area contributed by atoms with E-state index in [-0.39, 0.29) is 0 Å². The number of nitrogens with zero attached hydrogens (tertiary/aromatic N) is 1. The Bertz CT molecular complexity index is 404. The van der Waals surface area contributed by atoms with Crippen LogP contribution in [0, 0.1) is 0 Å². The highest BCUT2D eigenvalue weighted by atomic mass is 31.1. The molecular weight excluding hydrogens is 353 g/mol. The van der Waals surface area contributed by atoms with Crippen molar-refractivity contribution in [2.45, 2.75) is 115 Å². The highest BCUT2D eigenvalue weighted by Crippen LogP contribution is 2.44. The van der Waals surface area contributed by atoms with Gasteiger partial charge in [-0.15, -0.1) is 0 Å². The normalized spacial score (nSPS) is 15.3. The van der Waals surface area contributed by atoms with Crippen molar-refractivity contribution >= 4 is 8.03 Å². The number of hydrogen-bond donors (Lipinski definition) is 0. The van der Waals surface area contributed by atoms with E-state index < -0.39 is 13.3 Å². The molecule has 0 bridgehead atoms. The summed E-state index contributed by atoms with van der Waals surface area (Å²) in [6.45, 7) is 4.11. The minimum atomic E-state index is -2.41. The van der Waals surface area contributed by atoms with Gasteiger partial charge in [-0.25, -0.2) is 0 Å². The lowest BCUT2D eigenvalue weighted by Crippen LogP contribution is -2.55. The molecule has 0 aromatic rings. The van der Waals surface area contributed by atoms with E-state index in [2.05, 4.69) is 19.1 Å². The molecule has 0 aliphatic carbocycles. The van der Waals surface area contributed by atoms with Gasteiger partial charge in [0.25, 0.3) is 5.28 Å². The van der Waals surface area contributed by atoms with Crippen molar-refractivity contribution in [3.63, 3.8) is 0 Å². The lowest BCUT2D eigenvalue weighted by atomic mass is 10.0. The van der Waals surface area contributed by atoms with Crippen molar-refractivity contribution in [2.24, 2.45) is 0 Å². The quantitative estimate of drug-likeness (QED) is 0.108. The third kappa shape index (κ3) is 11.4. The molecule has 2 atom stereocenters. The molecule has 0 spiro atoms. The SMILES string of the molecule is C/C=C\CCCCCCCCCCCCCCC(CC)([P+](=O)[O-])[N+](C)(C)C. The van der Waals surface area contributed by atoms with Crippen molar-refractivity contribution in [2.75, 3.05) is 21.1 Å². The van der Waals surface area contributed by atoms with Crippen LogP contribution in [0.25, 0.3) is 0 Å².